The molecule has 0 saturated heterocycles. The van der Waals surface area contributed by atoms with E-state index in [0.717, 1.165) is 5.56 Å². The number of benzene rings is 1. The van der Waals surface area contributed by atoms with Gasteiger partial charge >= 0.3 is 0 Å². The number of carbonyl (C=O) groups is 1. The molecule has 1 atom stereocenters. The lowest BCUT2D eigenvalue weighted by Gasteiger charge is -2.26. The topological polar surface area (TPSA) is 55.1 Å². The zero-order chi connectivity index (χ0) is 13.1. The van der Waals surface area contributed by atoms with E-state index >= 15 is 0 Å². The monoisotopic (exact) mass is 234 g/mol. The third kappa shape index (κ3) is 3.30. The van der Waals surface area contributed by atoms with E-state index in [1.54, 1.807) is 0 Å². The van der Waals surface area contributed by atoms with Crippen molar-refractivity contribution in [3.8, 4) is 0 Å². The summed E-state index contributed by atoms with van der Waals surface area (Å²) in [5.74, 6) is 0.0132. The Morgan fingerprint density at radius 2 is 1.88 bits per heavy atom. The van der Waals surface area contributed by atoms with Crippen LogP contribution in [-0.4, -0.2) is 18.5 Å². The summed E-state index contributed by atoms with van der Waals surface area (Å²) in [6, 6.07) is 8.06. The lowest BCUT2D eigenvalue weighted by molar-refractivity contribution is -0.126. The van der Waals surface area contributed by atoms with Gasteiger partial charge in [-0.2, -0.15) is 0 Å². The summed E-state index contributed by atoms with van der Waals surface area (Å²) >= 11 is 0. The summed E-state index contributed by atoms with van der Waals surface area (Å²) in [4.78, 5) is 12.2. The second-order valence-electron chi connectivity index (χ2n) is 5.10. The lowest BCUT2D eigenvalue weighted by Crippen LogP contribution is -2.46. The number of hydrogen-bond donors (Lipinski definition) is 2. The molecule has 0 aliphatic heterocycles. The summed E-state index contributed by atoms with van der Waals surface area (Å²) in [7, 11) is 0. The van der Waals surface area contributed by atoms with Gasteiger partial charge in [-0.1, -0.05) is 29.8 Å². The van der Waals surface area contributed by atoms with Crippen LogP contribution in [0.3, 0.4) is 0 Å². The minimum Gasteiger partial charge on any atom is -0.352 e. The molecule has 1 aromatic rings. The molecule has 0 unspecified atom stereocenters. The highest BCUT2D eigenvalue weighted by Crippen LogP contribution is 2.23. The van der Waals surface area contributed by atoms with Gasteiger partial charge in [0.15, 0.2) is 0 Å². The summed E-state index contributed by atoms with van der Waals surface area (Å²) in [5, 5.41) is 2.92. The van der Waals surface area contributed by atoms with Gasteiger partial charge in [0.1, 0.15) is 0 Å². The Morgan fingerprint density at radius 1 is 1.35 bits per heavy atom. The van der Waals surface area contributed by atoms with Crippen LogP contribution in [0.5, 0.6) is 0 Å². The zero-order valence-electron chi connectivity index (χ0n) is 11.1. The molecule has 0 aromatic heterocycles. The number of rotatable bonds is 4. The van der Waals surface area contributed by atoms with Crippen LogP contribution < -0.4 is 11.1 Å². The van der Waals surface area contributed by atoms with Crippen LogP contribution in [0, 0.1) is 6.92 Å². The molecule has 0 bridgehead atoms. The number of aryl methyl sites for hydroxylation is 1. The number of nitrogens with one attached hydrogen (secondary N) is 1. The van der Waals surface area contributed by atoms with Gasteiger partial charge in [0, 0.05) is 12.6 Å². The van der Waals surface area contributed by atoms with Gasteiger partial charge in [-0.3, -0.25) is 4.79 Å². The van der Waals surface area contributed by atoms with E-state index in [1.807, 2.05) is 52.0 Å². The molecule has 0 saturated carbocycles. The number of nitrogens with two attached hydrogens (primary N) is 1. The Kier molecular flexibility index (Phi) is 4.29. The smallest absolute Gasteiger partial charge is 0.230 e. The fourth-order valence-electron chi connectivity index (χ4n) is 1.56. The fraction of sp³-hybridized carbons (Fsp3) is 0.500. The van der Waals surface area contributed by atoms with Gasteiger partial charge in [-0.25, -0.2) is 0 Å². The van der Waals surface area contributed by atoms with Crippen molar-refractivity contribution in [2.45, 2.75) is 39.2 Å². The number of carbonyl (C=O) groups excluding carboxylic acids is 1. The first-order valence-corrected chi connectivity index (χ1v) is 5.96. The van der Waals surface area contributed by atoms with E-state index in [1.165, 1.54) is 5.56 Å². The van der Waals surface area contributed by atoms with Crippen LogP contribution in [0.25, 0.3) is 0 Å². The van der Waals surface area contributed by atoms with Crippen molar-refractivity contribution in [1.82, 2.24) is 5.32 Å². The molecule has 0 heterocycles. The van der Waals surface area contributed by atoms with E-state index in [-0.39, 0.29) is 11.9 Å². The molecule has 0 fully saturated rings. The molecule has 1 rings (SSSR count). The maximum absolute atomic E-state index is 12.2. The van der Waals surface area contributed by atoms with Gasteiger partial charge in [-0.15, -0.1) is 0 Å². The van der Waals surface area contributed by atoms with Crippen molar-refractivity contribution in [2.75, 3.05) is 6.54 Å². The summed E-state index contributed by atoms with van der Waals surface area (Å²) < 4.78 is 0. The van der Waals surface area contributed by atoms with Crippen molar-refractivity contribution in [2.24, 2.45) is 5.73 Å². The molecule has 1 aromatic carbocycles. The molecule has 3 N–H and O–H groups in total. The van der Waals surface area contributed by atoms with Crippen LogP contribution in [-0.2, 0) is 10.2 Å². The van der Waals surface area contributed by atoms with Crippen molar-refractivity contribution in [3.63, 3.8) is 0 Å². The Hall–Kier alpha value is -1.35. The maximum atomic E-state index is 12.2. The highest BCUT2D eigenvalue weighted by Gasteiger charge is 2.30. The molecular formula is C14H22N2O. The lowest BCUT2D eigenvalue weighted by atomic mass is 9.83. The first-order chi connectivity index (χ1) is 7.87. The third-order valence-corrected chi connectivity index (χ3v) is 3.07. The van der Waals surface area contributed by atoms with Crippen molar-refractivity contribution in [1.29, 1.82) is 0 Å². The molecule has 17 heavy (non-hydrogen) atoms. The standard InChI is InChI=1S/C14H22N2O/c1-10-5-7-12(8-6-10)14(3,4)13(17)16-11(2)9-15/h5-8,11H,9,15H2,1-4H3,(H,16,17)/t11-/m0/s1. The average molecular weight is 234 g/mol. The van der Waals surface area contributed by atoms with E-state index < -0.39 is 5.41 Å². The second-order valence-corrected chi connectivity index (χ2v) is 5.10. The molecule has 3 heteroatoms. The molecule has 3 nitrogen and oxygen atoms in total. The van der Waals surface area contributed by atoms with Crippen LogP contribution in [0.1, 0.15) is 31.9 Å². The van der Waals surface area contributed by atoms with E-state index in [9.17, 15) is 4.79 Å². The molecule has 0 spiro atoms. The maximum Gasteiger partial charge on any atom is 0.230 e. The fourth-order valence-corrected chi connectivity index (χ4v) is 1.56. The number of amides is 1. The predicted octanol–water partition coefficient (Wildman–Crippen LogP) is 1.74. The number of hydrogen-bond acceptors (Lipinski definition) is 2. The highest BCUT2D eigenvalue weighted by atomic mass is 16.2. The first-order valence-electron chi connectivity index (χ1n) is 5.96. The quantitative estimate of drug-likeness (QED) is 0.833. The average Bonchev–Trinajstić information content (AvgIpc) is 2.29. The van der Waals surface area contributed by atoms with Crippen LogP contribution in [0.2, 0.25) is 0 Å². The van der Waals surface area contributed by atoms with Crippen LogP contribution in [0.4, 0.5) is 0 Å². The van der Waals surface area contributed by atoms with Crippen molar-refractivity contribution >= 4 is 5.91 Å². The zero-order valence-corrected chi connectivity index (χ0v) is 11.1. The Morgan fingerprint density at radius 3 is 2.35 bits per heavy atom. The van der Waals surface area contributed by atoms with E-state index in [0.29, 0.717) is 6.54 Å². The summed E-state index contributed by atoms with van der Waals surface area (Å²) in [6.07, 6.45) is 0. The van der Waals surface area contributed by atoms with Crippen molar-refractivity contribution < 1.29 is 4.79 Å². The Balaban J connectivity index is 2.86. The third-order valence-electron chi connectivity index (χ3n) is 3.07. The largest absolute Gasteiger partial charge is 0.352 e. The van der Waals surface area contributed by atoms with Crippen LogP contribution >= 0.6 is 0 Å². The van der Waals surface area contributed by atoms with Crippen LogP contribution in [0.15, 0.2) is 24.3 Å². The Bertz CT molecular complexity index is 382. The highest BCUT2D eigenvalue weighted by molar-refractivity contribution is 5.87. The molecule has 0 aliphatic carbocycles. The van der Waals surface area contributed by atoms with Gasteiger partial charge in [0.25, 0.3) is 0 Å². The first kappa shape index (κ1) is 13.7. The predicted molar refractivity (Wildman–Crippen MR) is 70.9 cm³/mol. The van der Waals surface area contributed by atoms with Gasteiger partial charge in [0.2, 0.25) is 5.91 Å². The normalized spacial score (nSPS) is 13.2. The van der Waals surface area contributed by atoms with E-state index in [2.05, 4.69) is 5.32 Å². The SMILES string of the molecule is Cc1ccc(C(C)(C)C(=O)N[C@@H](C)CN)cc1. The molecular weight excluding hydrogens is 212 g/mol. The van der Waals surface area contributed by atoms with Gasteiger partial charge < -0.3 is 11.1 Å². The van der Waals surface area contributed by atoms with Gasteiger partial charge in [-0.05, 0) is 33.3 Å². The van der Waals surface area contributed by atoms with Crippen molar-refractivity contribution in [3.05, 3.63) is 35.4 Å². The summed E-state index contributed by atoms with van der Waals surface area (Å²) in [5.41, 5.74) is 7.19. The minimum atomic E-state index is -0.531. The second kappa shape index (κ2) is 5.32. The summed E-state index contributed by atoms with van der Waals surface area (Å²) in [6.45, 7) is 8.25. The molecule has 0 radical (unpaired) electrons. The minimum absolute atomic E-state index is 0.00669. The molecule has 94 valence electrons. The van der Waals surface area contributed by atoms with Gasteiger partial charge in [0.05, 0.1) is 5.41 Å². The Labute approximate surface area is 103 Å². The molecule has 0 aliphatic rings. The van der Waals surface area contributed by atoms with E-state index in [4.69, 9.17) is 5.73 Å². The molecule has 1 amide bonds.